The first kappa shape index (κ1) is 25.6. The fourth-order valence-corrected chi connectivity index (χ4v) is 5.40. The molecule has 160 valence electrons. The van der Waals surface area contributed by atoms with E-state index in [4.69, 9.17) is 16.3 Å². The van der Waals surface area contributed by atoms with Gasteiger partial charge in [0.05, 0.1) is 12.9 Å². The van der Waals surface area contributed by atoms with Crippen molar-refractivity contribution in [2.24, 2.45) is 4.99 Å². The van der Waals surface area contributed by atoms with Crippen molar-refractivity contribution in [1.82, 2.24) is 14.9 Å². The molecule has 0 bridgehead atoms. The number of hydrogen-bond donors (Lipinski definition) is 2. The third-order valence-corrected chi connectivity index (χ3v) is 7.35. The fourth-order valence-electron chi connectivity index (χ4n) is 2.65. The number of halogens is 2. The molecule has 7 nitrogen and oxygen atoms in total. The molecule has 1 saturated heterocycles. The van der Waals surface area contributed by atoms with Gasteiger partial charge in [-0.05, 0) is 24.1 Å². The van der Waals surface area contributed by atoms with Gasteiger partial charge >= 0.3 is 0 Å². The Morgan fingerprint density at radius 1 is 1.29 bits per heavy atom. The third-order valence-electron chi connectivity index (χ3n) is 4.19. The molecule has 2 rings (SSSR count). The maximum absolute atomic E-state index is 12.3. The Morgan fingerprint density at radius 2 is 1.96 bits per heavy atom. The van der Waals surface area contributed by atoms with Crippen LogP contribution in [0.25, 0.3) is 0 Å². The molecular weight excluding hydrogens is 535 g/mol. The standard InChI is InChI=1S/C17H27ClN4O3S2.HI/c1-19-17(20-6-5-14-3-4-15(25-2)13-16(14)18)21-7-12-27(23,24)22-8-10-26-11-9-22;/h3-4,13H,5-12H2,1-2H3,(H2,19,20,21);1H. The van der Waals surface area contributed by atoms with Crippen LogP contribution in [0.1, 0.15) is 5.56 Å². The highest BCUT2D eigenvalue weighted by Gasteiger charge is 2.23. The SMILES string of the molecule is CN=C(NCCc1ccc(OC)cc1Cl)NCCS(=O)(=O)N1CCSCC1.I. The zero-order valence-electron chi connectivity index (χ0n) is 16.1. The van der Waals surface area contributed by atoms with E-state index in [9.17, 15) is 8.42 Å². The summed E-state index contributed by atoms with van der Waals surface area (Å²) < 4.78 is 31.4. The van der Waals surface area contributed by atoms with Crippen molar-refractivity contribution < 1.29 is 13.2 Å². The lowest BCUT2D eigenvalue weighted by Crippen LogP contribution is -2.44. The van der Waals surface area contributed by atoms with Gasteiger partial charge in [-0.1, -0.05) is 17.7 Å². The number of benzene rings is 1. The molecule has 0 radical (unpaired) electrons. The maximum atomic E-state index is 12.3. The van der Waals surface area contributed by atoms with Crippen molar-refractivity contribution in [3.05, 3.63) is 28.8 Å². The predicted octanol–water partition coefficient (Wildman–Crippen LogP) is 2.05. The minimum absolute atomic E-state index is 0. The Bertz CT molecular complexity index is 744. The van der Waals surface area contributed by atoms with E-state index in [1.165, 1.54) is 0 Å². The zero-order valence-corrected chi connectivity index (χ0v) is 20.8. The molecule has 2 N–H and O–H groups in total. The molecule has 28 heavy (non-hydrogen) atoms. The molecule has 0 aromatic heterocycles. The second-order valence-corrected chi connectivity index (χ2v) is 9.68. The Morgan fingerprint density at radius 3 is 2.57 bits per heavy atom. The summed E-state index contributed by atoms with van der Waals surface area (Å²) in [6.45, 7) is 2.14. The van der Waals surface area contributed by atoms with E-state index in [-0.39, 0.29) is 29.7 Å². The number of methoxy groups -OCH3 is 1. The normalized spacial score (nSPS) is 15.6. The average molecular weight is 563 g/mol. The number of sulfonamides is 1. The minimum atomic E-state index is -3.22. The van der Waals surface area contributed by atoms with Crippen LogP contribution in [0.15, 0.2) is 23.2 Å². The van der Waals surface area contributed by atoms with Crippen molar-refractivity contribution in [2.45, 2.75) is 6.42 Å². The number of hydrogen-bond acceptors (Lipinski definition) is 5. The molecule has 1 fully saturated rings. The van der Waals surface area contributed by atoms with E-state index >= 15 is 0 Å². The summed E-state index contributed by atoms with van der Waals surface area (Å²) >= 11 is 8.03. The summed E-state index contributed by atoms with van der Waals surface area (Å²) in [5, 5.41) is 6.89. The van der Waals surface area contributed by atoms with E-state index < -0.39 is 10.0 Å². The van der Waals surface area contributed by atoms with Crippen LogP contribution < -0.4 is 15.4 Å². The summed E-state index contributed by atoms with van der Waals surface area (Å²) in [7, 11) is 0.0454. The van der Waals surface area contributed by atoms with Gasteiger partial charge in [-0.3, -0.25) is 4.99 Å². The third kappa shape index (κ3) is 8.13. The largest absolute Gasteiger partial charge is 0.497 e. The van der Waals surface area contributed by atoms with Crippen molar-refractivity contribution in [1.29, 1.82) is 0 Å². The first-order valence-corrected chi connectivity index (χ1v) is 11.9. The highest BCUT2D eigenvalue weighted by molar-refractivity contribution is 14.0. The fraction of sp³-hybridized carbons (Fsp3) is 0.588. The minimum Gasteiger partial charge on any atom is -0.497 e. The van der Waals surface area contributed by atoms with Gasteiger partial charge in [-0.2, -0.15) is 11.8 Å². The van der Waals surface area contributed by atoms with Crippen LogP contribution in [0.4, 0.5) is 0 Å². The number of guanidine groups is 1. The van der Waals surface area contributed by atoms with Gasteiger partial charge in [-0.25, -0.2) is 12.7 Å². The first-order chi connectivity index (χ1) is 13.0. The lowest BCUT2D eigenvalue weighted by Gasteiger charge is -2.25. The highest BCUT2D eigenvalue weighted by Crippen LogP contribution is 2.22. The molecule has 1 aliphatic rings. The molecule has 1 aromatic rings. The molecule has 1 aromatic carbocycles. The summed E-state index contributed by atoms with van der Waals surface area (Å²) in [6.07, 6.45) is 0.716. The molecule has 11 heteroatoms. The second kappa shape index (κ2) is 13.0. The number of ether oxygens (including phenoxy) is 1. The van der Waals surface area contributed by atoms with Gasteiger partial charge in [0.2, 0.25) is 10.0 Å². The summed E-state index contributed by atoms with van der Waals surface area (Å²) in [4.78, 5) is 4.13. The monoisotopic (exact) mass is 562 g/mol. The average Bonchev–Trinajstić information content (AvgIpc) is 2.68. The van der Waals surface area contributed by atoms with Crippen LogP contribution in [0.5, 0.6) is 5.75 Å². The topological polar surface area (TPSA) is 83.0 Å². The molecule has 0 unspecified atom stereocenters. The molecule has 0 aliphatic carbocycles. The Kier molecular flexibility index (Phi) is 11.9. The smallest absolute Gasteiger partial charge is 0.215 e. The number of aliphatic imine (C=N–C) groups is 1. The highest BCUT2D eigenvalue weighted by atomic mass is 127. The van der Waals surface area contributed by atoms with E-state index in [1.54, 1.807) is 36.3 Å². The summed E-state index contributed by atoms with van der Waals surface area (Å²) in [5.41, 5.74) is 1.01. The predicted molar refractivity (Wildman–Crippen MR) is 129 cm³/mol. The summed E-state index contributed by atoms with van der Waals surface area (Å²) in [6, 6.07) is 5.59. The molecule has 1 heterocycles. The van der Waals surface area contributed by atoms with Crippen molar-refractivity contribution in [3.63, 3.8) is 0 Å². The van der Waals surface area contributed by atoms with Gasteiger partial charge in [0.25, 0.3) is 0 Å². The van der Waals surface area contributed by atoms with E-state index in [0.29, 0.717) is 43.6 Å². The lowest BCUT2D eigenvalue weighted by atomic mass is 10.1. The van der Waals surface area contributed by atoms with Crippen LogP contribution in [0, 0.1) is 0 Å². The molecule has 0 atom stereocenters. The maximum Gasteiger partial charge on any atom is 0.215 e. The molecule has 1 aliphatic heterocycles. The molecule has 0 saturated carbocycles. The van der Waals surface area contributed by atoms with Crippen LogP contribution in [0.2, 0.25) is 5.02 Å². The van der Waals surface area contributed by atoms with E-state index in [0.717, 1.165) is 22.8 Å². The van der Waals surface area contributed by atoms with Gasteiger partial charge in [0, 0.05) is 49.8 Å². The van der Waals surface area contributed by atoms with Crippen molar-refractivity contribution in [3.8, 4) is 5.75 Å². The van der Waals surface area contributed by atoms with Gasteiger partial charge < -0.3 is 15.4 Å². The van der Waals surface area contributed by atoms with Gasteiger partial charge in [-0.15, -0.1) is 24.0 Å². The van der Waals surface area contributed by atoms with E-state index in [1.807, 2.05) is 12.1 Å². The van der Waals surface area contributed by atoms with Crippen LogP contribution in [0.3, 0.4) is 0 Å². The first-order valence-electron chi connectivity index (χ1n) is 8.79. The van der Waals surface area contributed by atoms with Crippen molar-refractivity contribution in [2.75, 3.05) is 57.6 Å². The Balaban J connectivity index is 0.00000392. The van der Waals surface area contributed by atoms with Crippen LogP contribution in [-0.2, 0) is 16.4 Å². The Hall–Kier alpha value is -0.430. The number of nitrogens with one attached hydrogen (secondary N) is 2. The summed E-state index contributed by atoms with van der Waals surface area (Å²) in [5.74, 6) is 3.09. The van der Waals surface area contributed by atoms with Crippen LogP contribution >= 0.6 is 47.3 Å². The molecule has 0 amide bonds. The van der Waals surface area contributed by atoms with E-state index in [2.05, 4.69) is 15.6 Å². The lowest BCUT2D eigenvalue weighted by molar-refractivity contribution is 0.414. The zero-order chi connectivity index (χ0) is 19.7. The van der Waals surface area contributed by atoms with Crippen molar-refractivity contribution >= 4 is 63.3 Å². The number of thioether (sulfide) groups is 1. The molecular formula is C17H28ClIN4O3S2. The van der Waals surface area contributed by atoms with Gasteiger partial charge in [0.15, 0.2) is 5.96 Å². The quantitative estimate of drug-likeness (QED) is 0.287. The number of nitrogens with zero attached hydrogens (tertiary/aromatic N) is 2. The second-order valence-electron chi connectivity index (χ2n) is 5.96. The number of rotatable bonds is 8. The van der Waals surface area contributed by atoms with Gasteiger partial charge in [0.1, 0.15) is 5.75 Å². The Labute approximate surface area is 194 Å². The molecule has 0 spiro atoms. The van der Waals surface area contributed by atoms with Crippen LogP contribution in [-0.4, -0.2) is 76.3 Å².